The molecule has 0 aromatic carbocycles. The molecule has 1 saturated heterocycles. The lowest BCUT2D eigenvalue weighted by molar-refractivity contribution is 0.192. The van der Waals surface area contributed by atoms with Crippen LogP contribution in [0.3, 0.4) is 0 Å². The molecule has 2 saturated carbocycles. The molecule has 2 atom stereocenters. The molecule has 3 fully saturated rings. The standard InChI is InChI=1S/C12H22N2S/c1-15-12-7-13-6-11(12)14(10-4-5-10)8-9-2-3-9/h9-13H,2-8H2,1H3. The third-order valence-electron chi connectivity index (χ3n) is 4.04. The summed E-state index contributed by atoms with van der Waals surface area (Å²) in [5, 5.41) is 4.40. The predicted molar refractivity (Wildman–Crippen MR) is 66.4 cm³/mol. The molecule has 0 aromatic heterocycles. The topological polar surface area (TPSA) is 15.3 Å². The van der Waals surface area contributed by atoms with Crippen molar-refractivity contribution in [3.8, 4) is 0 Å². The second kappa shape index (κ2) is 4.27. The van der Waals surface area contributed by atoms with Crippen LogP contribution >= 0.6 is 11.8 Å². The Hall–Kier alpha value is 0.270. The minimum atomic E-state index is 0.827. The van der Waals surface area contributed by atoms with Crippen LogP contribution in [0.25, 0.3) is 0 Å². The monoisotopic (exact) mass is 226 g/mol. The maximum atomic E-state index is 3.57. The lowest BCUT2D eigenvalue weighted by atomic mass is 10.2. The Labute approximate surface area is 97.2 Å². The van der Waals surface area contributed by atoms with Crippen molar-refractivity contribution in [2.45, 2.75) is 43.0 Å². The second-order valence-corrected chi connectivity index (χ2v) is 6.45. The van der Waals surface area contributed by atoms with E-state index in [4.69, 9.17) is 0 Å². The highest BCUT2D eigenvalue weighted by molar-refractivity contribution is 7.99. The van der Waals surface area contributed by atoms with E-state index in [1.807, 2.05) is 0 Å². The summed E-state index contributed by atoms with van der Waals surface area (Å²) in [6, 6.07) is 1.78. The zero-order valence-corrected chi connectivity index (χ0v) is 10.4. The van der Waals surface area contributed by atoms with Crippen LogP contribution in [-0.2, 0) is 0 Å². The van der Waals surface area contributed by atoms with Crippen molar-refractivity contribution >= 4 is 11.8 Å². The van der Waals surface area contributed by atoms with Gasteiger partial charge in [-0.25, -0.2) is 0 Å². The number of hydrogen-bond acceptors (Lipinski definition) is 3. The molecule has 1 N–H and O–H groups in total. The van der Waals surface area contributed by atoms with Gasteiger partial charge in [0.05, 0.1) is 0 Å². The van der Waals surface area contributed by atoms with Crippen LogP contribution in [0.15, 0.2) is 0 Å². The molecule has 2 unspecified atom stereocenters. The van der Waals surface area contributed by atoms with E-state index in [-0.39, 0.29) is 0 Å². The third kappa shape index (κ3) is 2.34. The Morgan fingerprint density at radius 3 is 2.60 bits per heavy atom. The summed E-state index contributed by atoms with van der Waals surface area (Å²) in [6.45, 7) is 3.85. The SMILES string of the molecule is CSC1CNCC1N(CC1CC1)C1CC1. The highest BCUT2D eigenvalue weighted by Gasteiger charge is 2.41. The summed E-state index contributed by atoms with van der Waals surface area (Å²) in [5.74, 6) is 1.05. The molecule has 0 spiro atoms. The van der Waals surface area contributed by atoms with E-state index in [0.717, 1.165) is 23.3 Å². The van der Waals surface area contributed by atoms with Crippen molar-refractivity contribution in [2.24, 2.45) is 5.92 Å². The van der Waals surface area contributed by atoms with Gasteiger partial charge in [-0.05, 0) is 37.9 Å². The van der Waals surface area contributed by atoms with Crippen molar-refractivity contribution in [1.82, 2.24) is 10.2 Å². The smallest absolute Gasteiger partial charge is 0.0354 e. The molecule has 0 bridgehead atoms. The Bertz CT molecular complexity index is 226. The quantitative estimate of drug-likeness (QED) is 0.766. The van der Waals surface area contributed by atoms with Crippen LogP contribution in [-0.4, -0.2) is 48.1 Å². The molecule has 0 amide bonds. The Morgan fingerprint density at radius 1 is 1.20 bits per heavy atom. The van der Waals surface area contributed by atoms with Gasteiger partial charge in [0.1, 0.15) is 0 Å². The Balaban J connectivity index is 1.63. The summed E-state index contributed by atoms with van der Waals surface area (Å²) in [6.07, 6.45) is 8.18. The first-order chi connectivity index (χ1) is 7.38. The van der Waals surface area contributed by atoms with Crippen molar-refractivity contribution < 1.29 is 0 Å². The van der Waals surface area contributed by atoms with Crippen molar-refractivity contribution in [3.05, 3.63) is 0 Å². The molecule has 3 rings (SSSR count). The van der Waals surface area contributed by atoms with Gasteiger partial charge in [0.2, 0.25) is 0 Å². The van der Waals surface area contributed by atoms with Crippen LogP contribution in [0, 0.1) is 5.92 Å². The molecule has 15 heavy (non-hydrogen) atoms. The summed E-state index contributed by atoms with van der Waals surface area (Å²) in [7, 11) is 0. The fraction of sp³-hybridized carbons (Fsp3) is 1.00. The molecule has 86 valence electrons. The fourth-order valence-corrected chi connectivity index (χ4v) is 3.62. The molecule has 1 heterocycles. The first-order valence-electron chi connectivity index (χ1n) is 6.37. The molecule has 1 aliphatic heterocycles. The van der Waals surface area contributed by atoms with E-state index in [1.54, 1.807) is 0 Å². The van der Waals surface area contributed by atoms with Gasteiger partial charge in [-0.3, -0.25) is 4.90 Å². The van der Waals surface area contributed by atoms with Crippen LogP contribution < -0.4 is 5.32 Å². The van der Waals surface area contributed by atoms with E-state index < -0.39 is 0 Å². The van der Waals surface area contributed by atoms with E-state index in [9.17, 15) is 0 Å². The number of hydrogen-bond donors (Lipinski definition) is 1. The van der Waals surface area contributed by atoms with Gasteiger partial charge >= 0.3 is 0 Å². The normalized spacial score (nSPS) is 36.4. The average molecular weight is 226 g/mol. The van der Waals surface area contributed by atoms with Gasteiger partial charge < -0.3 is 5.32 Å². The van der Waals surface area contributed by atoms with E-state index in [1.165, 1.54) is 45.3 Å². The first-order valence-corrected chi connectivity index (χ1v) is 7.66. The number of rotatable bonds is 5. The summed E-state index contributed by atoms with van der Waals surface area (Å²) >= 11 is 2.06. The van der Waals surface area contributed by atoms with Gasteiger partial charge in [0, 0.05) is 37.0 Å². The summed E-state index contributed by atoms with van der Waals surface area (Å²) in [5.41, 5.74) is 0. The molecule has 3 heteroatoms. The lowest BCUT2D eigenvalue weighted by Gasteiger charge is -2.32. The molecule has 3 aliphatic rings. The molecular formula is C12H22N2S. The van der Waals surface area contributed by atoms with Gasteiger partial charge in [-0.2, -0.15) is 11.8 Å². The van der Waals surface area contributed by atoms with E-state index >= 15 is 0 Å². The average Bonchev–Trinajstić information content (AvgIpc) is 3.13. The highest BCUT2D eigenvalue weighted by Crippen LogP contribution is 2.38. The predicted octanol–water partition coefficient (Wildman–Crippen LogP) is 1.56. The lowest BCUT2D eigenvalue weighted by Crippen LogP contribution is -2.44. The maximum Gasteiger partial charge on any atom is 0.0354 e. The number of nitrogens with one attached hydrogen (secondary N) is 1. The van der Waals surface area contributed by atoms with Crippen LogP contribution in [0.4, 0.5) is 0 Å². The van der Waals surface area contributed by atoms with Crippen LogP contribution in [0.2, 0.25) is 0 Å². The maximum absolute atomic E-state index is 3.57. The van der Waals surface area contributed by atoms with Gasteiger partial charge in [0.15, 0.2) is 0 Å². The zero-order valence-electron chi connectivity index (χ0n) is 9.61. The van der Waals surface area contributed by atoms with Gasteiger partial charge in [-0.15, -0.1) is 0 Å². The molecule has 0 aromatic rings. The molecular weight excluding hydrogens is 204 g/mol. The third-order valence-corrected chi connectivity index (χ3v) is 5.13. The van der Waals surface area contributed by atoms with Crippen molar-refractivity contribution in [2.75, 3.05) is 25.9 Å². The summed E-state index contributed by atoms with van der Waals surface area (Å²) < 4.78 is 0. The zero-order chi connectivity index (χ0) is 10.3. The molecule has 0 radical (unpaired) electrons. The van der Waals surface area contributed by atoms with Crippen molar-refractivity contribution in [1.29, 1.82) is 0 Å². The van der Waals surface area contributed by atoms with Crippen LogP contribution in [0.1, 0.15) is 25.7 Å². The minimum absolute atomic E-state index is 0.827. The van der Waals surface area contributed by atoms with Gasteiger partial charge in [0.25, 0.3) is 0 Å². The number of nitrogens with zero attached hydrogens (tertiary/aromatic N) is 1. The van der Waals surface area contributed by atoms with Crippen LogP contribution in [0.5, 0.6) is 0 Å². The Morgan fingerprint density at radius 2 is 2.00 bits per heavy atom. The Kier molecular flexibility index (Phi) is 2.97. The number of thioether (sulfide) groups is 1. The largest absolute Gasteiger partial charge is 0.314 e. The van der Waals surface area contributed by atoms with Crippen molar-refractivity contribution in [3.63, 3.8) is 0 Å². The summed E-state index contributed by atoms with van der Waals surface area (Å²) in [4.78, 5) is 2.85. The molecule has 2 aliphatic carbocycles. The second-order valence-electron chi connectivity index (χ2n) is 5.37. The molecule has 2 nitrogen and oxygen atoms in total. The minimum Gasteiger partial charge on any atom is -0.314 e. The van der Waals surface area contributed by atoms with Gasteiger partial charge in [-0.1, -0.05) is 0 Å². The highest BCUT2D eigenvalue weighted by atomic mass is 32.2. The van der Waals surface area contributed by atoms with E-state index in [2.05, 4.69) is 28.2 Å². The van der Waals surface area contributed by atoms with E-state index in [0.29, 0.717) is 0 Å². The fourth-order valence-electron chi connectivity index (χ4n) is 2.77. The first kappa shape index (κ1) is 10.4.